The second-order valence-corrected chi connectivity index (χ2v) is 10.3. The summed E-state index contributed by atoms with van der Waals surface area (Å²) < 4.78 is 7.19. The molecule has 0 radical (unpaired) electrons. The van der Waals surface area contributed by atoms with E-state index in [9.17, 15) is 4.79 Å². The van der Waals surface area contributed by atoms with Gasteiger partial charge in [0.1, 0.15) is 11.6 Å². The van der Waals surface area contributed by atoms with E-state index in [-0.39, 0.29) is 17.1 Å². The first kappa shape index (κ1) is 22.9. The van der Waals surface area contributed by atoms with Crippen LogP contribution in [0, 0.1) is 0 Å². The number of imidazole rings is 1. The monoisotopic (exact) mass is 471 g/mol. The molecule has 0 spiro atoms. The highest BCUT2D eigenvalue weighted by molar-refractivity contribution is 5.75. The third kappa shape index (κ3) is 5.00. The first-order valence-electron chi connectivity index (χ1n) is 11.6. The second-order valence-electron chi connectivity index (χ2n) is 10.3. The van der Waals surface area contributed by atoms with Crippen molar-refractivity contribution in [2.75, 3.05) is 5.32 Å². The predicted octanol–water partition coefficient (Wildman–Crippen LogP) is 4.11. The third-order valence-corrected chi connectivity index (χ3v) is 6.20. The largest absolute Gasteiger partial charge is 0.428 e. The zero-order chi connectivity index (χ0) is 24.6. The van der Waals surface area contributed by atoms with Gasteiger partial charge in [-0.15, -0.1) is 0 Å². The molecule has 35 heavy (non-hydrogen) atoms. The maximum Gasteiger partial charge on any atom is 0.298 e. The van der Waals surface area contributed by atoms with Crippen molar-refractivity contribution < 1.29 is 9.53 Å². The Balaban J connectivity index is 1.38. The number of carbonyl (C=O) groups excluding carboxylic acids is 1. The lowest BCUT2D eigenvalue weighted by molar-refractivity contribution is -0.120. The Hall–Kier alpha value is -3.85. The highest BCUT2D eigenvalue weighted by Crippen LogP contribution is 2.33. The van der Waals surface area contributed by atoms with Crippen LogP contribution >= 0.6 is 0 Å². The Kier molecular flexibility index (Phi) is 5.72. The van der Waals surface area contributed by atoms with Crippen molar-refractivity contribution in [3.8, 4) is 28.3 Å². The van der Waals surface area contributed by atoms with Crippen LogP contribution in [-0.2, 0) is 4.79 Å². The minimum absolute atomic E-state index is 0.0346. The van der Waals surface area contributed by atoms with Crippen molar-refractivity contribution in [3.05, 3.63) is 55.4 Å². The van der Waals surface area contributed by atoms with Gasteiger partial charge >= 0.3 is 0 Å². The molecule has 1 aliphatic rings. The van der Waals surface area contributed by atoms with Gasteiger partial charge in [0.2, 0.25) is 0 Å². The standard InChI is InChI=1S/C26H29N7O2/c1-25(2)10-18(11-26(3,4)32-25)31-23-13-28-20(12-30-23)19-6-5-17(9-22(19)35-16-34)21-15-33-8-7-27-24(33)14-29-21/h5-9,12-16,18,32H,10-11H2,1-4H3,(H,30,31). The molecule has 1 fully saturated rings. The summed E-state index contributed by atoms with van der Waals surface area (Å²) in [6.07, 6.45) is 12.5. The van der Waals surface area contributed by atoms with Gasteiger partial charge < -0.3 is 19.8 Å². The number of carbonyl (C=O) groups is 1. The van der Waals surface area contributed by atoms with E-state index in [1.54, 1.807) is 30.9 Å². The van der Waals surface area contributed by atoms with E-state index in [0.29, 0.717) is 23.5 Å². The maximum atomic E-state index is 11.2. The van der Waals surface area contributed by atoms with Gasteiger partial charge in [-0.25, -0.2) is 9.97 Å². The number of anilines is 1. The molecule has 2 N–H and O–H groups in total. The lowest BCUT2D eigenvalue weighted by atomic mass is 9.79. The number of fused-ring (bicyclic) bond motifs is 1. The average molecular weight is 472 g/mol. The molecule has 9 nitrogen and oxygen atoms in total. The van der Waals surface area contributed by atoms with E-state index < -0.39 is 0 Å². The Bertz CT molecular complexity index is 1350. The summed E-state index contributed by atoms with van der Waals surface area (Å²) in [7, 11) is 0. The molecule has 0 amide bonds. The fraction of sp³-hybridized carbons (Fsp3) is 0.346. The zero-order valence-corrected chi connectivity index (χ0v) is 20.3. The summed E-state index contributed by atoms with van der Waals surface area (Å²) in [5.74, 6) is 1.11. The van der Waals surface area contributed by atoms with Gasteiger partial charge in [0.05, 0.1) is 30.0 Å². The Labute approximate surface area is 204 Å². The number of hydrogen-bond acceptors (Lipinski definition) is 8. The molecule has 1 aromatic carbocycles. The SMILES string of the molecule is CC1(C)CC(Nc2cnc(-c3ccc(-c4cn5ccnc5cn4)cc3OC=O)cn2)CC(C)(C)N1. The summed E-state index contributed by atoms with van der Waals surface area (Å²) in [6, 6.07) is 5.85. The van der Waals surface area contributed by atoms with Gasteiger partial charge in [-0.1, -0.05) is 6.07 Å². The van der Waals surface area contributed by atoms with Crippen molar-refractivity contribution >= 4 is 17.9 Å². The van der Waals surface area contributed by atoms with Gasteiger partial charge in [0.25, 0.3) is 6.47 Å². The number of hydrogen-bond donors (Lipinski definition) is 2. The number of ether oxygens (including phenoxy) is 1. The van der Waals surface area contributed by atoms with Crippen LogP contribution in [0.4, 0.5) is 5.82 Å². The molecule has 0 saturated carbocycles. The number of nitrogens with zero attached hydrogens (tertiary/aromatic N) is 5. The molecule has 1 saturated heterocycles. The number of aromatic nitrogens is 5. The summed E-state index contributed by atoms with van der Waals surface area (Å²) in [4.78, 5) is 29.1. The Morgan fingerprint density at radius 1 is 1.03 bits per heavy atom. The summed E-state index contributed by atoms with van der Waals surface area (Å²) in [5.41, 5.74) is 3.66. The van der Waals surface area contributed by atoms with Crippen LogP contribution in [0.3, 0.4) is 0 Å². The van der Waals surface area contributed by atoms with E-state index in [2.05, 4.69) is 58.3 Å². The third-order valence-electron chi connectivity index (χ3n) is 6.20. The molecule has 3 aromatic heterocycles. The van der Waals surface area contributed by atoms with Crippen LogP contribution in [0.5, 0.6) is 5.75 Å². The second kappa shape index (κ2) is 8.74. The molecule has 0 unspecified atom stereocenters. The minimum atomic E-state index is 0.0346. The number of nitrogens with one attached hydrogen (secondary N) is 2. The Morgan fingerprint density at radius 3 is 2.51 bits per heavy atom. The first-order valence-corrected chi connectivity index (χ1v) is 11.6. The summed E-state index contributed by atoms with van der Waals surface area (Å²) in [5, 5.41) is 7.23. The van der Waals surface area contributed by atoms with Gasteiger partial charge in [0.15, 0.2) is 5.65 Å². The first-order chi connectivity index (χ1) is 16.7. The normalized spacial score (nSPS) is 17.3. The number of benzene rings is 1. The van der Waals surface area contributed by atoms with E-state index >= 15 is 0 Å². The van der Waals surface area contributed by atoms with Crippen molar-refractivity contribution in [2.45, 2.75) is 57.7 Å². The van der Waals surface area contributed by atoms with Crippen LogP contribution in [-0.4, -0.2) is 47.9 Å². The summed E-state index contributed by atoms with van der Waals surface area (Å²) in [6.45, 7) is 9.30. The molecule has 5 rings (SSSR count). The molecule has 0 atom stereocenters. The highest BCUT2D eigenvalue weighted by atomic mass is 16.5. The van der Waals surface area contributed by atoms with Crippen LogP contribution < -0.4 is 15.4 Å². The van der Waals surface area contributed by atoms with Crippen LogP contribution in [0.15, 0.2) is 55.4 Å². The average Bonchev–Trinajstić information content (AvgIpc) is 3.26. The van der Waals surface area contributed by atoms with Crippen molar-refractivity contribution in [3.63, 3.8) is 0 Å². The zero-order valence-electron chi connectivity index (χ0n) is 20.3. The topological polar surface area (TPSA) is 106 Å². The van der Waals surface area contributed by atoms with Crippen molar-refractivity contribution in [1.29, 1.82) is 0 Å². The summed E-state index contributed by atoms with van der Waals surface area (Å²) >= 11 is 0. The lowest BCUT2D eigenvalue weighted by Crippen LogP contribution is -2.60. The minimum Gasteiger partial charge on any atom is -0.428 e. The molecule has 180 valence electrons. The van der Waals surface area contributed by atoms with E-state index in [1.165, 1.54) is 0 Å². The molecule has 4 aromatic rings. The van der Waals surface area contributed by atoms with Gasteiger partial charge in [-0.2, -0.15) is 0 Å². The van der Waals surface area contributed by atoms with Crippen LogP contribution in [0.25, 0.3) is 28.2 Å². The molecule has 4 heterocycles. The van der Waals surface area contributed by atoms with E-state index in [4.69, 9.17) is 4.74 Å². The molecule has 9 heteroatoms. The quantitative estimate of drug-likeness (QED) is 0.405. The fourth-order valence-corrected chi connectivity index (χ4v) is 5.19. The van der Waals surface area contributed by atoms with Crippen molar-refractivity contribution in [1.82, 2.24) is 29.7 Å². The van der Waals surface area contributed by atoms with Crippen LogP contribution in [0.2, 0.25) is 0 Å². The number of piperidine rings is 1. The lowest BCUT2D eigenvalue weighted by Gasteiger charge is -2.46. The van der Waals surface area contributed by atoms with E-state index in [0.717, 1.165) is 35.6 Å². The molecular weight excluding hydrogens is 442 g/mol. The molecular formula is C26H29N7O2. The molecule has 0 aliphatic carbocycles. The predicted molar refractivity (Wildman–Crippen MR) is 134 cm³/mol. The highest BCUT2D eigenvalue weighted by Gasteiger charge is 2.37. The van der Waals surface area contributed by atoms with Gasteiger partial charge in [-0.05, 0) is 52.7 Å². The van der Waals surface area contributed by atoms with E-state index in [1.807, 2.05) is 28.9 Å². The molecule has 1 aliphatic heterocycles. The smallest absolute Gasteiger partial charge is 0.298 e. The Morgan fingerprint density at radius 2 is 1.80 bits per heavy atom. The number of rotatable bonds is 6. The van der Waals surface area contributed by atoms with Crippen molar-refractivity contribution in [2.24, 2.45) is 0 Å². The molecule has 0 bridgehead atoms. The maximum absolute atomic E-state index is 11.2. The fourth-order valence-electron chi connectivity index (χ4n) is 5.19. The van der Waals surface area contributed by atoms with Crippen LogP contribution in [0.1, 0.15) is 40.5 Å². The van der Waals surface area contributed by atoms with Gasteiger partial charge in [0, 0.05) is 46.8 Å². The van der Waals surface area contributed by atoms with Gasteiger partial charge in [-0.3, -0.25) is 14.8 Å².